The highest BCUT2D eigenvalue weighted by Crippen LogP contribution is 2.15. The van der Waals surface area contributed by atoms with Crippen LogP contribution in [-0.2, 0) is 9.59 Å². The molecule has 0 spiro atoms. The van der Waals surface area contributed by atoms with E-state index in [1.807, 2.05) is 26.0 Å². The molecule has 0 radical (unpaired) electrons. The van der Waals surface area contributed by atoms with Crippen LogP contribution in [0.5, 0.6) is 5.75 Å². The van der Waals surface area contributed by atoms with Crippen molar-refractivity contribution in [2.75, 3.05) is 13.2 Å². The fourth-order valence-electron chi connectivity index (χ4n) is 2.02. The van der Waals surface area contributed by atoms with E-state index in [1.165, 1.54) is 6.92 Å². The summed E-state index contributed by atoms with van der Waals surface area (Å²) >= 11 is 5.80. The van der Waals surface area contributed by atoms with Crippen molar-refractivity contribution in [3.63, 3.8) is 0 Å². The Morgan fingerprint density at radius 2 is 1.83 bits per heavy atom. The summed E-state index contributed by atoms with van der Waals surface area (Å²) in [6, 6.07) is 6.73. The Labute approximate surface area is 142 Å². The first-order chi connectivity index (χ1) is 10.9. The second-order valence-corrected chi connectivity index (χ2v) is 6.16. The number of hydrogen-bond donors (Lipinski definition) is 2. The van der Waals surface area contributed by atoms with E-state index >= 15 is 0 Å². The first kappa shape index (κ1) is 19.3. The molecule has 2 amide bonds. The van der Waals surface area contributed by atoms with Crippen LogP contribution in [0.4, 0.5) is 0 Å². The lowest BCUT2D eigenvalue weighted by Crippen LogP contribution is -2.49. The predicted octanol–water partition coefficient (Wildman–Crippen LogP) is 2.78. The van der Waals surface area contributed by atoms with Gasteiger partial charge in [-0.3, -0.25) is 9.59 Å². The van der Waals surface area contributed by atoms with E-state index in [0.717, 1.165) is 18.6 Å². The van der Waals surface area contributed by atoms with Crippen LogP contribution < -0.4 is 15.4 Å². The van der Waals surface area contributed by atoms with Crippen molar-refractivity contribution >= 4 is 23.4 Å². The molecule has 0 saturated heterocycles. The van der Waals surface area contributed by atoms with Gasteiger partial charge in [-0.05, 0) is 43.0 Å². The van der Waals surface area contributed by atoms with Gasteiger partial charge in [-0.15, -0.1) is 0 Å². The Hall–Kier alpha value is -1.75. The fraction of sp³-hybridized carbons (Fsp3) is 0.529. The topological polar surface area (TPSA) is 67.4 Å². The smallest absolute Gasteiger partial charge is 0.242 e. The standard InChI is InChI=1S/C17H25ClN2O3/c1-12(2)16(20-13(3)21)17(22)19-10-4-5-11-23-15-8-6-14(18)7-9-15/h6-9,12,16H,4-5,10-11H2,1-3H3,(H,19,22)(H,20,21). The zero-order chi connectivity index (χ0) is 17.2. The van der Waals surface area contributed by atoms with E-state index in [2.05, 4.69) is 10.6 Å². The van der Waals surface area contributed by atoms with Crippen LogP contribution in [0.25, 0.3) is 0 Å². The number of carbonyl (C=O) groups excluding carboxylic acids is 2. The van der Waals surface area contributed by atoms with Crippen molar-refractivity contribution in [2.45, 2.75) is 39.7 Å². The van der Waals surface area contributed by atoms with E-state index in [0.29, 0.717) is 18.2 Å². The van der Waals surface area contributed by atoms with Crippen LogP contribution in [0.15, 0.2) is 24.3 Å². The zero-order valence-corrected chi connectivity index (χ0v) is 14.7. The molecule has 1 rings (SSSR count). The molecule has 1 atom stereocenters. The molecule has 0 heterocycles. The second kappa shape index (κ2) is 10.1. The number of halogens is 1. The fourth-order valence-corrected chi connectivity index (χ4v) is 2.15. The van der Waals surface area contributed by atoms with Crippen molar-refractivity contribution < 1.29 is 14.3 Å². The van der Waals surface area contributed by atoms with E-state index in [-0.39, 0.29) is 17.7 Å². The molecule has 0 aromatic heterocycles. The van der Waals surface area contributed by atoms with Crippen molar-refractivity contribution in [2.24, 2.45) is 5.92 Å². The summed E-state index contributed by atoms with van der Waals surface area (Å²) in [5.41, 5.74) is 0. The van der Waals surface area contributed by atoms with Crippen molar-refractivity contribution in [1.29, 1.82) is 0 Å². The molecule has 23 heavy (non-hydrogen) atoms. The largest absolute Gasteiger partial charge is 0.494 e. The van der Waals surface area contributed by atoms with E-state index in [4.69, 9.17) is 16.3 Å². The number of rotatable bonds is 9. The first-order valence-electron chi connectivity index (χ1n) is 7.83. The lowest BCUT2D eigenvalue weighted by atomic mass is 10.0. The Balaban J connectivity index is 2.19. The van der Waals surface area contributed by atoms with Gasteiger partial charge in [0.25, 0.3) is 0 Å². The molecule has 2 N–H and O–H groups in total. The summed E-state index contributed by atoms with van der Waals surface area (Å²) in [6.45, 7) is 6.36. The van der Waals surface area contributed by atoms with Gasteiger partial charge in [0.15, 0.2) is 0 Å². The van der Waals surface area contributed by atoms with Gasteiger partial charge in [0.05, 0.1) is 6.61 Å². The number of ether oxygens (including phenoxy) is 1. The van der Waals surface area contributed by atoms with Gasteiger partial charge in [-0.25, -0.2) is 0 Å². The monoisotopic (exact) mass is 340 g/mol. The highest BCUT2D eigenvalue weighted by atomic mass is 35.5. The van der Waals surface area contributed by atoms with Gasteiger partial charge in [0.1, 0.15) is 11.8 Å². The van der Waals surface area contributed by atoms with Gasteiger partial charge in [-0.1, -0.05) is 25.4 Å². The minimum Gasteiger partial charge on any atom is -0.494 e. The molecular formula is C17H25ClN2O3. The molecule has 0 aliphatic heterocycles. The molecule has 0 bridgehead atoms. The number of benzene rings is 1. The van der Waals surface area contributed by atoms with Gasteiger partial charge in [0.2, 0.25) is 11.8 Å². The van der Waals surface area contributed by atoms with E-state index in [9.17, 15) is 9.59 Å². The number of carbonyl (C=O) groups is 2. The van der Waals surface area contributed by atoms with Gasteiger partial charge < -0.3 is 15.4 Å². The lowest BCUT2D eigenvalue weighted by molar-refractivity contribution is -0.129. The minimum absolute atomic E-state index is 0.0483. The Morgan fingerprint density at radius 1 is 1.17 bits per heavy atom. The van der Waals surface area contributed by atoms with Crippen molar-refractivity contribution in [3.8, 4) is 5.75 Å². The Kier molecular flexibility index (Phi) is 8.48. The first-order valence-corrected chi connectivity index (χ1v) is 8.21. The molecule has 128 valence electrons. The number of unbranched alkanes of at least 4 members (excludes halogenated alkanes) is 1. The Morgan fingerprint density at radius 3 is 2.39 bits per heavy atom. The third-order valence-electron chi connectivity index (χ3n) is 3.26. The van der Waals surface area contributed by atoms with Crippen LogP contribution in [0, 0.1) is 5.92 Å². The summed E-state index contributed by atoms with van der Waals surface area (Å²) in [7, 11) is 0. The molecule has 0 fully saturated rings. The lowest BCUT2D eigenvalue weighted by Gasteiger charge is -2.20. The molecule has 1 aromatic rings. The van der Waals surface area contributed by atoms with E-state index in [1.54, 1.807) is 12.1 Å². The van der Waals surface area contributed by atoms with Gasteiger partial charge in [0, 0.05) is 18.5 Å². The van der Waals surface area contributed by atoms with Gasteiger partial charge >= 0.3 is 0 Å². The summed E-state index contributed by atoms with van der Waals surface area (Å²) in [5, 5.41) is 6.20. The maximum Gasteiger partial charge on any atom is 0.242 e. The molecule has 0 aliphatic rings. The average Bonchev–Trinajstić information content (AvgIpc) is 2.49. The molecule has 1 unspecified atom stereocenters. The summed E-state index contributed by atoms with van der Waals surface area (Å²) in [4.78, 5) is 23.2. The van der Waals surface area contributed by atoms with Crippen LogP contribution in [0.3, 0.4) is 0 Å². The predicted molar refractivity (Wildman–Crippen MR) is 91.6 cm³/mol. The maximum absolute atomic E-state index is 12.0. The molecule has 6 heteroatoms. The van der Waals surface area contributed by atoms with E-state index < -0.39 is 6.04 Å². The van der Waals surface area contributed by atoms with Gasteiger partial charge in [-0.2, -0.15) is 0 Å². The van der Waals surface area contributed by atoms with Crippen LogP contribution in [0.2, 0.25) is 5.02 Å². The summed E-state index contributed by atoms with van der Waals surface area (Å²) in [5.74, 6) is 0.486. The quantitative estimate of drug-likeness (QED) is 0.679. The molecule has 1 aromatic carbocycles. The molecule has 0 aliphatic carbocycles. The maximum atomic E-state index is 12.0. The third-order valence-corrected chi connectivity index (χ3v) is 3.51. The molecule has 0 saturated carbocycles. The van der Waals surface area contributed by atoms with Crippen LogP contribution >= 0.6 is 11.6 Å². The Bertz CT molecular complexity index is 503. The molecule has 5 nitrogen and oxygen atoms in total. The molecular weight excluding hydrogens is 316 g/mol. The highest BCUT2D eigenvalue weighted by Gasteiger charge is 2.22. The number of nitrogens with one attached hydrogen (secondary N) is 2. The van der Waals surface area contributed by atoms with Crippen LogP contribution in [0.1, 0.15) is 33.6 Å². The second-order valence-electron chi connectivity index (χ2n) is 5.72. The number of amides is 2. The SMILES string of the molecule is CC(=O)NC(C(=O)NCCCCOc1ccc(Cl)cc1)C(C)C. The van der Waals surface area contributed by atoms with Crippen LogP contribution in [-0.4, -0.2) is 31.0 Å². The zero-order valence-electron chi connectivity index (χ0n) is 13.9. The normalized spacial score (nSPS) is 11.9. The average molecular weight is 341 g/mol. The highest BCUT2D eigenvalue weighted by molar-refractivity contribution is 6.30. The van der Waals surface area contributed by atoms with Crippen molar-refractivity contribution in [1.82, 2.24) is 10.6 Å². The third kappa shape index (κ3) is 7.88. The summed E-state index contributed by atoms with van der Waals surface area (Å²) in [6.07, 6.45) is 1.64. The minimum atomic E-state index is -0.488. The number of hydrogen-bond acceptors (Lipinski definition) is 3. The van der Waals surface area contributed by atoms with Crippen molar-refractivity contribution in [3.05, 3.63) is 29.3 Å². The summed E-state index contributed by atoms with van der Waals surface area (Å²) < 4.78 is 5.58.